The van der Waals surface area contributed by atoms with E-state index in [0.29, 0.717) is 26.2 Å². The van der Waals surface area contributed by atoms with Gasteiger partial charge in [-0.05, 0) is 18.6 Å². The molecule has 7 heteroatoms. The van der Waals surface area contributed by atoms with Crippen molar-refractivity contribution in [3.8, 4) is 11.5 Å². The maximum atomic E-state index is 12.1. The van der Waals surface area contributed by atoms with Gasteiger partial charge in [0.1, 0.15) is 11.5 Å². The standard InChI is InChI=1S/C17H27N3O4/c1-22-12-4-7-18-17(21)20-10-8-19(9-11-20)15-6-5-14(23-2)13-16(15)24-3/h5-6,13H,4,7-12H2,1-3H3,(H,18,21). The molecular formula is C17H27N3O4. The zero-order valence-electron chi connectivity index (χ0n) is 14.7. The van der Waals surface area contributed by atoms with Crippen LogP contribution in [0, 0.1) is 0 Å². The van der Waals surface area contributed by atoms with Gasteiger partial charge in [0.05, 0.1) is 19.9 Å². The van der Waals surface area contributed by atoms with Crippen LogP contribution in [0.25, 0.3) is 0 Å². The van der Waals surface area contributed by atoms with Crippen molar-refractivity contribution in [2.45, 2.75) is 6.42 Å². The fraction of sp³-hybridized carbons (Fsp3) is 0.588. The molecule has 134 valence electrons. The summed E-state index contributed by atoms with van der Waals surface area (Å²) in [5, 5.41) is 2.93. The summed E-state index contributed by atoms with van der Waals surface area (Å²) in [6, 6.07) is 5.79. The molecule has 0 aromatic heterocycles. The van der Waals surface area contributed by atoms with Crippen molar-refractivity contribution in [1.29, 1.82) is 0 Å². The van der Waals surface area contributed by atoms with Gasteiger partial charge in [-0.15, -0.1) is 0 Å². The van der Waals surface area contributed by atoms with Gasteiger partial charge in [0, 0.05) is 52.5 Å². The first-order valence-corrected chi connectivity index (χ1v) is 8.18. The van der Waals surface area contributed by atoms with Crippen molar-refractivity contribution in [3.05, 3.63) is 18.2 Å². The minimum Gasteiger partial charge on any atom is -0.497 e. The third-order valence-corrected chi connectivity index (χ3v) is 4.10. The summed E-state index contributed by atoms with van der Waals surface area (Å²) < 4.78 is 15.7. The fourth-order valence-electron chi connectivity index (χ4n) is 2.72. The lowest BCUT2D eigenvalue weighted by molar-refractivity contribution is 0.183. The highest BCUT2D eigenvalue weighted by atomic mass is 16.5. The number of hydrogen-bond donors (Lipinski definition) is 1. The molecule has 1 heterocycles. The maximum absolute atomic E-state index is 12.1. The van der Waals surface area contributed by atoms with Gasteiger partial charge < -0.3 is 29.3 Å². The molecule has 1 fully saturated rings. The average molecular weight is 337 g/mol. The number of nitrogens with one attached hydrogen (secondary N) is 1. The maximum Gasteiger partial charge on any atom is 0.317 e. The van der Waals surface area contributed by atoms with Crippen LogP contribution in [0.5, 0.6) is 11.5 Å². The molecule has 0 atom stereocenters. The molecule has 0 saturated carbocycles. The van der Waals surface area contributed by atoms with Crippen LogP contribution in [-0.4, -0.2) is 71.6 Å². The van der Waals surface area contributed by atoms with Crippen LogP contribution in [0.4, 0.5) is 10.5 Å². The van der Waals surface area contributed by atoms with E-state index in [1.165, 1.54) is 0 Å². The quantitative estimate of drug-likeness (QED) is 0.765. The SMILES string of the molecule is COCCCNC(=O)N1CCN(c2ccc(OC)cc2OC)CC1. The Labute approximate surface area is 143 Å². The number of hydrogen-bond acceptors (Lipinski definition) is 5. The Morgan fingerprint density at radius 2 is 1.88 bits per heavy atom. The topological polar surface area (TPSA) is 63.3 Å². The van der Waals surface area contributed by atoms with E-state index in [2.05, 4.69) is 10.2 Å². The third-order valence-electron chi connectivity index (χ3n) is 4.10. The van der Waals surface area contributed by atoms with E-state index in [1.54, 1.807) is 21.3 Å². The molecular weight excluding hydrogens is 310 g/mol. The number of anilines is 1. The molecule has 0 bridgehead atoms. The van der Waals surface area contributed by atoms with Crippen molar-refractivity contribution in [1.82, 2.24) is 10.2 Å². The molecule has 0 spiro atoms. The Kier molecular flexibility index (Phi) is 6.99. The molecule has 1 aliphatic rings. The largest absolute Gasteiger partial charge is 0.497 e. The monoisotopic (exact) mass is 337 g/mol. The van der Waals surface area contributed by atoms with Gasteiger partial charge in [-0.2, -0.15) is 0 Å². The summed E-state index contributed by atoms with van der Waals surface area (Å²) in [4.78, 5) is 16.2. The van der Waals surface area contributed by atoms with E-state index in [1.807, 2.05) is 23.1 Å². The highest BCUT2D eigenvalue weighted by molar-refractivity contribution is 5.74. The van der Waals surface area contributed by atoms with Crippen molar-refractivity contribution < 1.29 is 19.0 Å². The lowest BCUT2D eigenvalue weighted by Gasteiger charge is -2.36. The van der Waals surface area contributed by atoms with E-state index < -0.39 is 0 Å². The number of nitrogens with zero attached hydrogens (tertiary/aromatic N) is 2. The molecule has 1 aromatic rings. The minimum atomic E-state index is -0.00699. The molecule has 1 saturated heterocycles. The van der Waals surface area contributed by atoms with Gasteiger partial charge in [0.15, 0.2) is 0 Å². The van der Waals surface area contributed by atoms with Gasteiger partial charge in [0.25, 0.3) is 0 Å². The summed E-state index contributed by atoms with van der Waals surface area (Å²) in [7, 11) is 4.95. The molecule has 0 radical (unpaired) electrons. The number of piperazine rings is 1. The van der Waals surface area contributed by atoms with Gasteiger partial charge in [-0.3, -0.25) is 0 Å². The lowest BCUT2D eigenvalue weighted by Crippen LogP contribution is -2.52. The summed E-state index contributed by atoms with van der Waals surface area (Å²) in [6.07, 6.45) is 0.825. The first-order chi connectivity index (χ1) is 11.7. The molecule has 1 aliphatic heterocycles. The van der Waals surface area contributed by atoms with Crippen molar-refractivity contribution in [2.75, 3.05) is 65.6 Å². The summed E-state index contributed by atoms with van der Waals surface area (Å²) in [6.45, 7) is 4.21. The number of amides is 2. The fourth-order valence-corrected chi connectivity index (χ4v) is 2.72. The van der Waals surface area contributed by atoms with Crippen LogP contribution in [0.1, 0.15) is 6.42 Å². The van der Waals surface area contributed by atoms with E-state index in [-0.39, 0.29) is 6.03 Å². The summed E-state index contributed by atoms with van der Waals surface area (Å²) >= 11 is 0. The normalized spacial score (nSPS) is 14.5. The van der Waals surface area contributed by atoms with Gasteiger partial charge in [0.2, 0.25) is 0 Å². The number of benzene rings is 1. The molecule has 0 unspecified atom stereocenters. The second kappa shape index (κ2) is 9.22. The van der Waals surface area contributed by atoms with E-state index >= 15 is 0 Å². The highest BCUT2D eigenvalue weighted by Gasteiger charge is 2.22. The number of rotatable bonds is 7. The van der Waals surface area contributed by atoms with Crippen LogP contribution in [-0.2, 0) is 4.74 Å². The Hall–Kier alpha value is -2.15. The molecule has 2 amide bonds. The predicted octanol–water partition coefficient (Wildman–Crippen LogP) is 1.57. The second-order valence-corrected chi connectivity index (χ2v) is 5.59. The number of carbonyl (C=O) groups is 1. The minimum absolute atomic E-state index is 0.00699. The van der Waals surface area contributed by atoms with E-state index in [4.69, 9.17) is 14.2 Å². The van der Waals surface area contributed by atoms with Crippen LogP contribution in [0.3, 0.4) is 0 Å². The molecule has 1 N–H and O–H groups in total. The first-order valence-electron chi connectivity index (χ1n) is 8.18. The zero-order chi connectivity index (χ0) is 17.4. The Morgan fingerprint density at radius 1 is 1.12 bits per heavy atom. The number of carbonyl (C=O) groups excluding carboxylic acids is 1. The number of urea groups is 1. The van der Waals surface area contributed by atoms with Gasteiger partial charge in [-0.1, -0.05) is 0 Å². The smallest absolute Gasteiger partial charge is 0.317 e. The number of ether oxygens (including phenoxy) is 3. The zero-order valence-corrected chi connectivity index (χ0v) is 14.7. The third kappa shape index (κ3) is 4.67. The van der Waals surface area contributed by atoms with Crippen molar-refractivity contribution in [3.63, 3.8) is 0 Å². The molecule has 7 nitrogen and oxygen atoms in total. The first kappa shape index (κ1) is 18.2. The van der Waals surface area contributed by atoms with Crippen LogP contribution < -0.4 is 19.7 Å². The molecule has 2 rings (SSSR count). The second-order valence-electron chi connectivity index (χ2n) is 5.59. The van der Waals surface area contributed by atoms with E-state index in [0.717, 1.165) is 36.7 Å². The molecule has 1 aromatic carbocycles. The van der Waals surface area contributed by atoms with Gasteiger partial charge in [-0.25, -0.2) is 4.79 Å². The van der Waals surface area contributed by atoms with E-state index in [9.17, 15) is 4.79 Å². The summed E-state index contributed by atoms with van der Waals surface area (Å²) in [5.74, 6) is 1.55. The summed E-state index contributed by atoms with van der Waals surface area (Å²) in [5.41, 5.74) is 1.03. The highest BCUT2D eigenvalue weighted by Crippen LogP contribution is 2.32. The van der Waals surface area contributed by atoms with Crippen LogP contribution in [0.15, 0.2) is 18.2 Å². The van der Waals surface area contributed by atoms with Crippen molar-refractivity contribution in [2.24, 2.45) is 0 Å². The molecule has 0 aliphatic carbocycles. The Balaban J connectivity index is 1.87. The predicted molar refractivity (Wildman–Crippen MR) is 93.2 cm³/mol. The Bertz CT molecular complexity index is 531. The van der Waals surface area contributed by atoms with Crippen LogP contribution in [0.2, 0.25) is 0 Å². The lowest BCUT2D eigenvalue weighted by atomic mass is 10.2. The molecule has 24 heavy (non-hydrogen) atoms. The average Bonchev–Trinajstić information content (AvgIpc) is 2.64. The van der Waals surface area contributed by atoms with Gasteiger partial charge >= 0.3 is 6.03 Å². The number of methoxy groups -OCH3 is 3. The Morgan fingerprint density at radius 3 is 2.50 bits per heavy atom. The van der Waals surface area contributed by atoms with Crippen molar-refractivity contribution >= 4 is 11.7 Å². The van der Waals surface area contributed by atoms with Crippen LogP contribution >= 0.6 is 0 Å².